The van der Waals surface area contributed by atoms with Crippen molar-refractivity contribution < 1.29 is 19.2 Å². The average molecular weight is 526 g/mol. The fraction of sp³-hybridized carbons (Fsp3) is 0.483. The van der Waals surface area contributed by atoms with Gasteiger partial charge in [0, 0.05) is 48.6 Å². The number of aromatic nitrogens is 2. The van der Waals surface area contributed by atoms with Crippen LogP contribution in [0.5, 0.6) is 0 Å². The predicted octanol–water partition coefficient (Wildman–Crippen LogP) is 7.33. The molecular weight excluding hydrogens is 490 g/mol. The van der Waals surface area contributed by atoms with Crippen LogP contribution in [0.15, 0.2) is 47.0 Å². The minimum absolute atomic E-state index is 0.380. The van der Waals surface area contributed by atoms with Crippen LogP contribution in [-0.4, -0.2) is 45.0 Å². The van der Waals surface area contributed by atoms with Crippen LogP contribution in [-0.2, 0) is 17.7 Å². The summed E-state index contributed by atoms with van der Waals surface area (Å²) in [5.41, 5.74) is 3.40. The summed E-state index contributed by atoms with van der Waals surface area (Å²) in [6, 6.07) is 14.0. The van der Waals surface area contributed by atoms with Crippen LogP contribution in [0, 0.1) is 11.8 Å². The van der Waals surface area contributed by atoms with Crippen LogP contribution >= 0.6 is 11.6 Å². The summed E-state index contributed by atoms with van der Waals surface area (Å²) < 4.78 is 10.9. The molecule has 198 valence electrons. The number of halogens is 1. The zero-order valence-corrected chi connectivity index (χ0v) is 22.8. The van der Waals surface area contributed by atoms with Crippen molar-refractivity contribution >= 4 is 17.8 Å². The molecule has 4 rings (SSSR count). The molecule has 37 heavy (non-hydrogen) atoms. The van der Waals surface area contributed by atoms with Gasteiger partial charge in [-0.1, -0.05) is 74.8 Å². The highest BCUT2D eigenvalue weighted by Gasteiger charge is 2.38. The summed E-state index contributed by atoms with van der Waals surface area (Å²) in [6.45, 7) is 10.9. The molecular formula is C29H36ClN3O4. The van der Waals surface area contributed by atoms with Gasteiger partial charge in [0.05, 0.1) is 0 Å². The Morgan fingerprint density at radius 2 is 1.76 bits per heavy atom. The average Bonchev–Trinajstić information content (AvgIpc) is 3.32. The highest BCUT2D eigenvalue weighted by Crippen LogP contribution is 2.34. The third-order valence-corrected chi connectivity index (χ3v) is 7.18. The van der Waals surface area contributed by atoms with Crippen LogP contribution in [0.3, 0.4) is 0 Å². The summed E-state index contributed by atoms with van der Waals surface area (Å²) in [5, 5.41) is 14.1. The molecule has 0 amide bonds. The van der Waals surface area contributed by atoms with E-state index < -0.39 is 11.8 Å². The Bertz CT molecular complexity index is 1200. The van der Waals surface area contributed by atoms with Gasteiger partial charge in [-0.2, -0.15) is 4.98 Å². The number of hydrogen-bond acceptors (Lipinski definition) is 6. The third-order valence-electron chi connectivity index (χ3n) is 6.82. The Kier molecular flexibility index (Phi) is 8.55. The third kappa shape index (κ3) is 7.11. The van der Waals surface area contributed by atoms with E-state index in [-0.39, 0.29) is 0 Å². The SMILES string of the molecule is CC(C)Cc1ccc(-c2nc(-c3ccc(CN4CCC(CC(C)C)(OC(=O)O)CC4)cc3)no2)cc1Cl. The minimum atomic E-state index is -1.18. The van der Waals surface area contributed by atoms with E-state index in [4.69, 9.17) is 20.9 Å². The number of benzene rings is 2. The molecule has 0 bridgehead atoms. The highest BCUT2D eigenvalue weighted by molar-refractivity contribution is 6.31. The summed E-state index contributed by atoms with van der Waals surface area (Å²) in [5.74, 6) is 1.89. The first-order valence-corrected chi connectivity index (χ1v) is 13.4. The molecule has 1 saturated heterocycles. The number of ether oxygens (including phenoxy) is 1. The Morgan fingerprint density at radius 1 is 1.08 bits per heavy atom. The van der Waals surface area contributed by atoms with Crippen molar-refractivity contribution in [2.75, 3.05) is 13.1 Å². The van der Waals surface area contributed by atoms with E-state index in [2.05, 4.69) is 54.9 Å². The zero-order valence-electron chi connectivity index (χ0n) is 22.0. The Hall–Kier alpha value is -2.90. The molecule has 3 aromatic rings. The first kappa shape index (κ1) is 27.1. The monoisotopic (exact) mass is 525 g/mol. The van der Waals surface area contributed by atoms with Crippen LogP contribution < -0.4 is 0 Å². The lowest BCUT2D eigenvalue weighted by atomic mass is 9.83. The van der Waals surface area contributed by atoms with E-state index in [1.807, 2.05) is 30.3 Å². The Morgan fingerprint density at radius 3 is 2.35 bits per heavy atom. The van der Waals surface area contributed by atoms with Gasteiger partial charge in [0.15, 0.2) is 0 Å². The first-order valence-electron chi connectivity index (χ1n) is 13.0. The Labute approximate surface area is 223 Å². The smallest absolute Gasteiger partial charge is 0.450 e. The number of carbonyl (C=O) groups is 1. The molecule has 0 unspecified atom stereocenters. The molecule has 0 spiro atoms. The lowest BCUT2D eigenvalue weighted by Gasteiger charge is -2.41. The number of carboxylic acid groups (broad SMARTS) is 1. The lowest BCUT2D eigenvalue weighted by molar-refractivity contribution is -0.0684. The highest BCUT2D eigenvalue weighted by atomic mass is 35.5. The van der Waals surface area contributed by atoms with Crippen molar-refractivity contribution in [3.05, 3.63) is 58.6 Å². The molecule has 1 aliphatic rings. The van der Waals surface area contributed by atoms with E-state index in [1.54, 1.807) is 0 Å². The standard InChI is InChI=1S/C29H36ClN3O4/c1-19(2)15-23-9-10-24(16-25(23)30)27-31-26(32-37-27)22-7-5-21(6-8-22)18-33-13-11-29(12-14-33,17-20(3)4)36-28(34)35/h5-10,16,19-20H,11-15,17-18H2,1-4H3,(H,34,35). The molecule has 1 N–H and O–H groups in total. The molecule has 1 aliphatic heterocycles. The summed E-state index contributed by atoms with van der Waals surface area (Å²) >= 11 is 6.48. The molecule has 1 aromatic heterocycles. The van der Waals surface area contributed by atoms with Crippen LogP contribution in [0.1, 0.15) is 58.1 Å². The van der Waals surface area contributed by atoms with Gasteiger partial charge in [-0.3, -0.25) is 4.90 Å². The Balaban J connectivity index is 1.37. The molecule has 1 fully saturated rings. The number of rotatable bonds is 9. The second kappa shape index (κ2) is 11.7. The summed E-state index contributed by atoms with van der Waals surface area (Å²) in [6.07, 6.45) is 1.92. The fourth-order valence-corrected chi connectivity index (χ4v) is 5.41. The molecule has 0 atom stereocenters. The maximum Gasteiger partial charge on any atom is 0.506 e. The quantitative estimate of drug-likeness (QED) is 0.292. The van der Waals surface area contributed by atoms with Crippen LogP contribution in [0.2, 0.25) is 5.02 Å². The summed E-state index contributed by atoms with van der Waals surface area (Å²) in [7, 11) is 0. The largest absolute Gasteiger partial charge is 0.506 e. The number of nitrogens with zero attached hydrogens (tertiary/aromatic N) is 3. The van der Waals surface area contributed by atoms with Gasteiger partial charge in [0.2, 0.25) is 5.82 Å². The maximum absolute atomic E-state index is 11.3. The van der Waals surface area contributed by atoms with E-state index in [9.17, 15) is 9.90 Å². The van der Waals surface area contributed by atoms with Crippen molar-refractivity contribution in [1.82, 2.24) is 15.0 Å². The number of likely N-dealkylation sites (tertiary alicyclic amines) is 1. The molecule has 0 radical (unpaired) electrons. The van der Waals surface area contributed by atoms with E-state index in [0.717, 1.165) is 49.2 Å². The van der Waals surface area contributed by atoms with E-state index in [1.165, 1.54) is 5.56 Å². The van der Waals surface area contributed by atoms with Crippen molar-refractivity contribution in [3.8, 4) is 22.8 Å². The maximum atomic E-state index is 11.3. The molecule has 0 aliphatic carbocycles. The van der Waals surface area contributed by atoms with Gasteiger partial charge in [-0.25, -0.2) is 4.79 Å². The molecule has 2 aromatic carbocycles. The normalized spacial score (nSPS) is 15.9. The van der Waals surface area contributed by atoms with E-state index >= 15 is 0 Å². The topological polar surface area (TPSA) is 88.7 Å². The molecule has 0 saturated carbocycles. The van der Waals surface area contributed by atoms with Gasteiger partial charge in [0.25, 0.3) is 5.89 Å². The van der Waals surface area contributed by atoms with Crippen molar-refractivity contribution in [2.45, 2.75) is 65.5 Å². The second-order valence-corrected chi connectivity index (χ2v) is 11.4. The fourth-order valence-electron chi connectivity index (χ4n) is 5.16. The van der Waals surface area contributed by atoms with Crippen LogP contribution in [0.4, 0.5) is 4.79 Å². The van der Waals surface area contributed by atoms with Gasteiger partial charge in [0.1, 0.15) is 5.60 Å². The van der Waals surface area contributed by atoms with Crippen molar-refractivity contribution in [3.63, 3.8) is 0 Å². The van der Waals surface area contributed by atoms with Crippen molar-refractivity contribution in [2.24, 2.45) is 11.8 Å². The molecule has 8 heteroatoms. The number of hydrogen-bond donors (Lipinski definition) is 1. The van der Waals surface area contributed by atoms with E-state index in [0.29, 0.717) is 41.4 Å². The van der Waals surface area contributed by atoms with Gasteiger partial charge < -0.3 is 14.4 Å². The first-order chi connectivity index (χ1) is 17.6. The molecule has 7 nitrogen and oxygen atoms in total. The second-order valence-electron chi connectivity index (χ2n) is 10.9. The zero-order chi connectivity index (χ0) is 26.6. The van der Waals surface area contributed by atoms with Crippen molar-refractivity contribution in [1.29, 1.82) is 0 Å². The number of piperidine rings is 1. The van der Waals surface area contributed by atoms with Gasteiger partial charge in [-0.05, 0) is 47.9 Å². The van der Waals surface area contributed by atoms with Gasteiger partial charge in [-0.15, -0.1) is 0 Å². The lowest BCUT2D eigenvalue weighted by Crippen LogP contribution is -2.47. The predicted molar refractivity (Wildman–Crippen MR) is 145 cm³/mol. The van der Waals surface area contributed by atoms with Gasteiger partial charge >= 0.3 is 6.16 Å². The van der Waals surface area contributed by atoms with Crippen LogP contribution in [0.25, 0.3) is 22.8 Å². The minimum Gasteiger partial charge on any atom is -0.450 e. The summed E-state index contributed by atoms with van der Waals surface area (Å²) in [4.78, 5) is 18.2. The molecule has 2 heterocycles.